The Hall–Kier alpha value is -1.39. The highest BCUT2D eigenvalue weighted by Crippen LogP contribution is 2.32. The van der Waals surface area contributed by atoms with Crippen molar-refractivity contribution in [1.29, 1.82) is 0 Å². The van der Waals surface area contributed by atoms with Gasteiger partial charge in [0.2, 0.25) is 0 Å². The van der Waals surface area contributed by atoms with Crippen LogP contribution in [0.15, 0.2) is 24.3 Å². The fourth-order valence-electron chi connectivity index (χ4n) is 2.24. The smallest absolute Gasteiger partial charge is 0.338 e. The van der Waals surface area contributed by atoms with E-state index in [-0.39, 0.29) is 24.3 Å². The van der Waals surface area contributed by atoms with Gasteiger partial charge in [0, 0.05) is 10.8 Å². The Morgan fingerprint density at radius 2 is 1.77 bits per heavy atom. The van der Waals surface area contributed by atoms with E-state index < -0.39 is 5.41 Å². The van der Waals surface area contributed by atoms with Gasteiger partial charge in [-0.3, -0.25) is 0 Å². The Balaban J connectivity index is 1.89. The molecule has 1 aliphatic heterocycles. The van der Waals surface area contributed by atoms with E-state index in [4.69, 9.17) is 14.2 Å². The summed E-state index contributed by atoms with van der Waals surface area (Å²) in [6.45, 7) is 11.7. The molecule has 4 nitrogen and oxygen atoms in total. The van der Waals surface area contributed by atoms with E-state index >= 15 is 0 Å². The van der Waals surface area contributed by atoms with E-state index in [2.05, 4.69) is 13.8 Å². The molecule has 0 bridgehead atoms. The molecule has 0 aliphatic carbocycles. The summed E-state index contributed by atoms with van der Waals surface area (Å²) in [6, 6.07) is 7.36. The lowest BCUT2D eigenvalue weighted by Gasteiger charge is -2.41. The molecule has 1 heterocycles. The van der Waals surface area contributed by atoms with Crippen LogP contribution >= 0.6 is 0 Å². The summed E-state index contributed by atoms with van der Waals surface area (Å²) in [6.07, 6.45) is -0.355. The first-order valence-electron chi connectivity index (χ1n) is 7.67. The van der Waals surface area contributed by atoms with E-state index in [0.29, 0.717) is 18.8 Å². The van der Waals surface area contributed by atoms with Crippen LogP contribution in [0.2, 0.25) is 0 Å². The highest BCUT2D eigenvalue weighted by molar-refractivity contribution is 5.89. The second-order valence-electron chi connectivity index (χ2n) is 7.55. The summed E-state index contributed by atoms with van der Waals surface area (Å²) in [7, 11) is 0. The second kappa shape index (κ2) is 6.39. The van der Waals surface area contributed by atoms with Crippen molar-refractivity contribution < 1.29 is 19.0 Å². The van der Waals surface area contributed by atoms with Crippen LogP contribution < -0.4 is 0 Å². The Bertz CT molecular complexity index is 506. The molecule has 0 N–H and O–H groups in total. The van der Waals surface area contributed by atoms with Crippen LogP contribution in [-0.4, -0.2) is 32.1 Å². The summed E-state index contributed by atoms with van der Waals surface area (Å²) in [5.74, 6) is -0.316. The number of esters is 1. The van der Waals surface area contributed by atoms with Crippen molar-refractivity contribution in [3.05, 3.63) is 35.4 Å². The van der Waals surface area contributed by atoms with Gasteiger partial charge < -0.3 is 14.2 Å². The van der Waals surface area contributed by atoms with Crippen LogP contribution in [0.25, 0.3) is 0 Å². The van der Waals surface area contributed by atoms with Crippen molar-refractivity contribution in [2.75, 3.05) is 19.8 Å². The van der Waals surface area contributed by atoms with Crippen molar-refractivity contribution in [2.45, 2.75) is 40.9 Å². The molecule has 0 spiro atoms. The molecule has 1 fully saturated rings. The number of hydrogen-bond acceptors (Lipinski definition) is 4. The molecule has 1 aliphatic rings. The molecule has 122 valence electrons. The second-order valence-corrected chi connectivity index (χ2v) is 7.55. The fourth-order valence-corrected chi connectivity index (χ4v) is 2.24. The van der Waals surface area contributed by atoms with Crippen molar-refractivity contribution in [3.8, 4) is 0 Å². The van der Waals surface area contributed by atoms with Crippen LogP contribution in [0.5, 0.6) is 0 Å². The zero-order chi connectivity index (χ0) is 16.4. The highest BCUT2D eigenvalue weighted by Gasteiger charge is 2.38. The quantitative estimate of drug-likeness (QED) is 0.798. The fraction of sp³-hybridized carbons (Fsp3) is 0.611. The van der Waals surface area contributed by atoms with Gasteiger partial charge in [0.25, 0.3) is 0 Å². The maximum absolute atomic E-state index is 12.1. The van der Waals surface area contributed by atoms with Gasteiger partial charge in [-0.05, 0) is 19.1 Å². The molecule has 0 saturated carbocycles. The SMILES string of the molecule is Cc1ccc(C(=O)OCC(C)(C)C2OCC(C)(C)CO2)cc1. The predicted molar refractivity (Wildman–Crippen MR) is 84.7 cm³/mol. The average Bonchev–Trinajstić information content (AvgIpc) is 2.45. The first-order chi connectivity index (χ1) is 10.2. The highest BCUT2D eigenvalue weighted by atomic mass is 16.7. The van der Waals surface area contributed by atoms with Gasteiger partial charge in [-0.2, -0.15) is 0 Å². The maximum Gasteiger partial charge on any atom is 0.338 e. The molecule has 22 heavy (non-hydrogen) atoms. The lowest BCUT2D eigenvalue weighted by molar-refractivity contribution is -0.267. The number of carbonyl (C=O) groups excluding carboxylic acids is 1. The molecule has 4 heteroatoms. The van der Waals surface area contributed by atoms with Crippen LogP contribution in [0.1, 0.15) is 43.6 Å². The summed E-state index contributed by atoms with van der Waals surface area (Å²) >= 11 is 0. The first kappa shape index (κ1) is 17.0. The predicted octanol–water partition coefficient (Wildman–Crippen LogP) is 3.58. The van der Waals surface area contributed by atoms with Gasteiger partial charge in [-0.1, -0.05) is 45.4 Å². The molecule has 0 unspecified atom stereocenters. The van der Waals surface area contributed by atoms with E-state index in [9.17, 15) is 4.79 Å². The van der Waals surface area contributed by atoms with E-state index in [1.54, 1.807) is 12.1 Å². The van der Waals surface area contributed by atoms with Gasteiger partial charge in [-0.15, -0.1) is 0 Å². The minimum Gasteiger partial charge on any atom is -0.461 e. The molecule has 0 aromatic heterocycles. The van der Waals surface area contributed by atoms with Crippen LogP contribution in [0.3, 0.4) is 0 Å². The largest absolute Gasteiger partial charge is 0.461 e. The van der Waals surface area contributed by atoms with Crippen molar-refractivity contribution >= 4 is 5.97 Å². The third-order valence-corrected chi connectivity index (χ3v) is 3.75. The molecular weight excluding hydrogens is 280 g/mol. The molecule has 2 rings (SSSR count). The molecule has 1 aromatic rings. The maximum atomic E-state index is 12.1. The minimum atomic E-state index is -0.392. The molecule has 1 aromatic carbocycles. The van der Waals surface area contributed by atoms with Gasteiger partial charge in [0.1, 0.15) is 6.61 Å². The van der Waals surface area contributed by atoms with Crippen LogP contribution in [0.4, 0.5) is 0 Å². The molecule has 0 radical (unpaired) electrons. The molecule has 0 amide bonds. The number of rotatable bonds is 4. The van der Waals surface area contributed by atoms with Gasteiger partial charge >= 0.3 is 5.97 Å². The standard InChI is InChI=1S/C18H26O4/c1-13-6-8-14(9-7-13)15(19)20-12-18(4,5)16-21-10-17(2,3)11-22-16/h6-9,16H,10-12H2,1-5H3. The van der Waals surface area contributed by atoms with E-state index in [1.807, 2.05) is 32.9 Å². The Morgan fingerprint density at radius 1 is 1.23 bits per heavy atom. The summed E-state index contributed by atoms with van der Waals surface area (Å²) in [5, 5.41) is 0. The minimum absolute atomic E-state index is 0.0329. The number of benzene rings is 1. The topological polar surface area (TPSA) is 44.8 Å². The zero-order valence-corrected chi connectivity index (χ0v) is 14.1. The third-order valence-electron chi connectivity index (χ3n) is 3.75. The summed E-state index contributed by atoms with van der Waals surface area (Å²) < 4.78 is 17.0. The Kier molecular flexibility index (Phi) is 4.93. The Morgan fingerprint density at radius 3 is 2.32 bits per heavy atom. The zero-order valence-electron chi connectivity index (χ0n) is 14.1. The number of carbonyl (C=O) groups is 1. The van der Waals surface area contributed by atoms with Gasteiger partial charge in [-0.25, -0.2) is 4.79 Å². The normalized spacial score (nSPS) is 19.0. The van der Waals surface area contributed by atoms with Crippen molar-refractivity contribution in [2.24, 2.45) is 10.8 Å². The average molecular weight is 306 g/mol. The lowest BCUT2D eigenvalue weighted by atomic mass is 9.90. The van der Waals surface area contributed by atoms with E-state index in [0.717, 1.165) is 5.56 Å². The number of aryl methyl sites for hydroxylation is 1. The van der Waals surface area contributed by atoms with Crippen LogP contribution in [0, 0.1) is 17.8 Å². The molecular formula is C18H26O4. The summed E-state index contributed by atoms with van der Waals surface area (Å²) in [5.41, 5.74) is 1.32. The Labute approximate surface area is 132 Å². The third kappa shape index (κ3) is 4.31. The van der Waals surface area contributed by atoms with Gasteiger partial charge in [0.15, 0.2) is 6.29 Å². The number of hydrogen-bond donors (Lipinski definition) is 0. The number of ether oxygens (including phenoxy) is 3. The molecule has 1 saturated heterocycles. The van der Waals surface area contributed by atoms with Gasteiger partial charge in [0.05, 0.1) is 18.8 Å². The lowest BCUT2D eigenvalue weighted by Crippen LogP contribution is -2.46. The summed E-state index contributed by atoms with van der Waals surface area (Å²) in [4.78, 5) is 12.1. The van der Waals surface area contributed by atoms with Crippen molar-refractivity contribution in [1.82, 2.24) is 0 Å². The van der Waals surface area contributed by atoms with Crippen LogP contribution in [-0.2, 0) is 14.2 Å². The van der Waals surface area contributed by atoms with Crippen molar-refractivity contribution in [3.63, 3.8) is 0 Å². The molecule has 0 atom stereocenters. The monoisotopic (exact) mass is 306 g/mol. The first-order valence-corrected chi connectivity index (χ1v) is 7.67. The van der Waals surface area contributed by atoms with E-state index in [1.165, 1.54) is 0 Å².